The molecular formula is C40H43NO10. The van der Waals surface area contributed by atoms with Gasteiger partial charge in [-0.25, -0.2) is 0 Å². The van der Waals surface area contributed by atoms with E-state index in [2.05, 4.69) is 4.98 Å². The predicted octanol–water partition coefficient (Wildman–Crippen LogP) is 6.90. The van der Waals surface area contributed by atoms with Gasteiger partial charge in [0.25, 0.3) is 0 Å². The van der Waals surface area contributed by atoms with Crippen molar-refractivity contribution in [3.05, 3.63) is 90.5 Å². The summed E-state index contributed by atoms with van der Waals surface area (Å²) < 4.78 is 56.5. The molecule has 2 aliphatic rings. The zero-order valence-corrected chi connectivity index (χ0v) is 28.8. The molecule has 0 radical (unpaired) electrons. The van der Waals surface area contributed by atoms with Crippen molar-refractivity contribution >= 4 is 21.5 Å². The first-order valence-electron chi connectivity index (χ1n) is 17.3. The van der Waals surface area contributed by atoms with Crippen LogP contribution in [0.3, 0.4) is 0 Å². The molecule has 2 atom stereocenters. The van der Waals surface area contributed by atoms with E-state index in [0.29, 0.717) is 89.3 Å². The van der Waals surface area contributed by atoms with Gasteiger partial charge in [0.15, 0.2) is 0 Å². The highest BCUT2D eigenvalue weighted by Crippen LogP contribution is 2.31. The second-order valence-corrected chi connectivity index (χ2v) is 12.3. The Bertz CT molecular complexity index is 1740. The fraction of sp³-hybridized carbons (Fsp3) is 0.375. The second kappa shape index (κ2) is 17.6. The highest BCUT2D eigenvalue weighted by Gasteiger charge is 2.22. The highest BCUT2D eigenvalue weighted by atomic mass is 16.6. The topological polar surface area (TPSA) is 112 Å². The Morgan fingerprint density at radius 1 is 0.490 bits per heavy atom. The molecule has 2 saturated heterocycles. The molecule has 1 aromatic heterocycles. The number of ether oxygens (including phenoxy) is 10. The van der Waals surface area contributed by atoms with Gasteiger partial charge < -0.3 is 47.4 Å². The minimum absolute atomic E-state index is 0.275. The maximum Gasteiger partial charge on any atom is 0.222 e. The number of hydrogen-bond donors (Lipinski definition) is 0. The Balaban J connectivity index is 0.872. The molecule has 11 nitrogen and oxygen atoms in total. The van der Waals surface area contributed by atoms with E-state index in [9.17, 15) is 0 Å². The molecular weight excluding hydrogens is 654 g/mol. The molecule has 268 valence electrons. The maximum atomic E-state index is 6.18. The van der Waals surface area contributed by atoms with Crippen LogP contribution in [-0.2, 0) is 28.4 Å². The Hall–Kier alpha value is -4.49. The minimum atomic E-state index is 0.275. The summed E-state index contributed by atoms with van der Waals surface area (Å²) in [6, 6.07) is 27.5. The Kier molecular flexibility index (Phi) is 12.1. The van der Waals surface area contributed by atoms with Crippen LogP contribution in [0.1, 0.15) is 5.56 Å². The standard InChI is InChI=1S/C40H43NO10/c1-28-18-39(50-35-8-4-29-20-33(6-2-31(29)22-35)46-16-14-42-10-12-44-24-37-26-48-37)41-40(19-28)51-36-9-5-30-21-34(7-3-32(30)23-36)47-17-15-43-11-13-45-25-38-27-49-38/h2-9,18-23,37-38H,10-17,24-27H2,1H3. The summed E-state index contributed by atoms with van der Waals surface area (Å²) in [5.41, 5.74) is 0.967. The van der Waals surface area contributed by atoms with Crippen molar-refractivity contribution in [3.63, 3.8) is 0 Å². The Morgan fingerprint density at radius 2 is 0.863 bits per heavy atom. The van der Waals surface area contributed by atoms with Crippen LogP contribution < -0.4 is 18.9 Å². The van der Waals surface area contributed by atoms with Gasteiger partial charge in [0.05, 0.1) is 66.1 Å². The van der Waals surface area contributed by atoms with Crippen LogP contribution in [0.2, 0.25) is 0 Å². The summed E-state index contributed by atoms with van der Waals surface area (Å²) in [6.45, 7) is 8.95. The molecule has 0 bridgehead atoms. The molecule has 3 heterocycles. The van der Waals surface area contributed by atoms with Crippen LogP contribution in [0.5, 0.6) is 34.8 Å². The third-order valence-electron chi connectivity index (χ3n) is 8.08. The van der Waals surface area contributed by atoms with Gasteiger partial charge in [0.1, 0.15) is 48.4 Å². The smallest absolute Gasteiger partial charge is 0.222 e. The number of benzene rings is 4. The molecule has 11 heteroatoms. The van der Waals surface area contributed by atoms with Gasteiger partial charge in [-0.15, -0.1) is 0 Å². The maximum absolute atomic E-state index is 6.18. The van der Waals surface area contributed by atoms with E-state index in [0.717, 1.165) is 51.8 Å². The number of pyridine rings is 1. The van der Waals surface area contributed by atoms with Crippen LogP contribution in [-0.4, -0.2) is 96.5 Å². The SMILES string of the molecule is Cc1cc(Oc2ccc3cc(OCCOCCOCC4CO4)ccc3c2)nc(Oc2ccc3cc(OCCOCCOCC4CO4)ccc3c2)c1. The number of epoxide rings is 2. The largest absolute Gasteiger partial charge is 0.491 e. The number of rotatable bonds is 22. The van der Waals surface area contributed by atoms with Gasteiger partial charge in [-0.1, -0.05) is 24.3 Å². The van der Waals surface area contributed by atoms with E-state index in [1.165, 1.54) is 0 Å². The molecule has 2 aliphatic heterocycles. The van der Waals surface area contributed by atoms with Crippen molar-refractivity contribution in [2.24, 2.45) is 0 Å². The van der Waals surface area contributed by atoms with E-state index in [1.54, 1.807) is 0 Å². The van der Waals surface area contributed by atoms with Crippen molar-refractivity contribution < 1.29 is 47.4 Å². The molecule has 0 N–H and O–H groups in total. The van der Waals surface area contributed by atoms with Gasteiger partial charge in [0, 0.05) is 12.1 Å². The van der Waals surface area contributed by atoms with Crippen LogP contribution in [0.4, 0.5) is 0 Å². The molecule has 4 aromatic carbocycles. The Labute approximate surface area is 297 Å². The van der Waals surface area contributed by atoms with Crippen molar-refractivity contribution in [1.82, 2.24) is 4.98 Å². The number of nitrogens with zero attached hydrogens (tertiary/aromatic N) is 1. The molecule has 7 rings (SSSR count). The first-order chi connectivity index (χ1) is 25.1. The van der Waals surface area contributed by atoms with Gasteiger partial charge in [-0.2, -0.15) is 4.98 Å². The number of aromatic nitrogens is 1. The third-order valence-corrected chi connectivity index (χ3v) is 8.08. The molecule has 5 aromatic rings. The first kappa shape index (κ1) is 34.9. The molecule has 2 unspecified atom stereocenters. The van der Waals surface area contributed by atoms with Crippen LogP contribution in [0.25, 0.3) is 21.5 Å². The summed E-state index contributed by atoms with van der Waals surface area (Å²) in [6.07, 6.45) is 0.550. The van der Waals surface area contributed by atoms with E-state index in [-0.39, 0.29) is 12.2 Å². The van der Waals surface area contributed by atoms with Crippen molar-refractivity contribution in [1.29, 1.82) is 0 Å². The lowest BCUT2D eigenvalue weighted by Crippen LogP contribution is -2.12. The quantitative estimate of drug-likeness (QED) is 0.0556. The van der Waals surface area contributed by atoms with E-state index >= 15 is 0 Å². The van der Waals surface area contributed by atoms with Crippen molar-refractivity contribution in [3.8, 4) is 34.8 Å². The fourth-order valence-corrected chi connectivity index (χ4v) is 5.30. The van der Waals surface area contributed by atoms with E-state index in [4.69, 9.17) is 47.4 Å². The lowest BCUT2D eigenvalue weighted by molar-refractivity contribution is 0.0317. The summed E-state index contributed by atoms with van der Waals surface area (Å²) in [5, 5.41) is 4.13. The lowest BCUT2D eigenvalue weighted by Gasteiger charge is -2.12. The van der Waals surface area contributed by atoms with E-state index < -0.39 is 0 Å². The summed E-state index contributed by atoms with van der Waals surface area (Å²) >= 11 is 0. The summed E-state index contributed by atoms with van der Waals surface area (Å²) in [7, 11) is 0. The molecule has 0 aliphatic carbocycles. The van der Waals surface area contributed by atoms with Crippen LogP contribution >= 0.6 is 0 Å². The average molecular weight is 698 g/mol. The lowest BCUT2D eigenvalue weighted by atomic mass is 10.1. The van der Waals surface area contributed by atoms with Gasteiger partial charge in [-0.05, 0) is 82.6 Å². The fourth-order valence-electron chi connectivity index (χ4n) is 5.30. The van der Waals surface area contributed by atoms with Crippen LogP contribution in [0, 0.1) is 6.92 Å². The van der Waals surface area contributed by atoms with Crippen molar-refractivity contribution in [2.75, 3.05) is 79.3 Å². The first-order valence-corrected chi connectivity index (χ1v) is 17.3. The van der Waals surface area contributed by atoms with Crippen LogP contribution in [0.15, 0.2) is 84.9 Å². The highest BCUT2D eigenvalue weighted by molar-refractivity contribution is 5.86. The van der Waals surface area contributed by atoms with Gasteiger partial charge >= 0.3 is 0 Å². The summed E-state index contributed by atoms with van der Waals surface area (Å²) in [5.74, 6) is 3.81. The molecule has 51 heavy (non-hydrogen) atoms. The number of aryl methyl sites for hydroxylation is 1. The number of hydrogen-bond acceptors (Lipinski definition) is 11. The third kappa shape index (κ3) is 11.3. The predicted molar refractivity (Wildman–Crippen MR) is 191 cm³/mol. The zero-order chi connectivity index (χ0) is 34.7. The molecule has 2 fully saturated rings. The zero-order valence-electron chi connectivity index (χ0n) is 28.8. The van der Waals surface area contributed by atoms with Gasteiger partial charge in [-0.3, -0.25) is 0 Å². The summed E-state index contributed by atoms with van der Waals surface area (Å²) in [4.78, 5) is 4.63. The molecule has 0 spiro atoms. The monoisotopic (exact) mass is 697 g/mol. The molecule has 0 amide bonds. The second-order valence-electron chi connectivity index (χ2n) is 12.3. The van der Waals surface area contributed by atoms with E-state index in [1.807, 2.05) is 91.9 Å². The Morgan fingerprint density at radius 3 is 1.29 bits per heavy atom. The minimum Gasteiger partial charge on any atom is -0.491 e. The normalized spacial score (nSPS) is 16.3. The van der Waals surface area contributed by atoms with Gasteiger partial charge in [0.2, 0.25) is 11.8 Å². The number of fused-ring (bicyclic) bond motifs is 2. The molecule has 0 saturated carbocycles. The van der Waals surface area contributed by atoms with Crippen molar-refractivity contribution in [2.45, 2.75) is 19.1 Å². The average Bonchev–Trinajstić information content (AvgIpc) is 4.07.